The Morgan fingerprint density at radius 1 is 1.43 bits per heavy atom. The summed E-state index contributed by atoms with van der Waals surface area (Å²) in [4.78, 5) is 22.0. The molecule has 0 unspecified atom stereocenters. The molecule has 0 atom stereocenters. The van der Waals surface area contributed by atoms with E-state index in [-0.39, 0.29) is 12.5 Å². The highest BCUT2D eigenvalue weighted by molar-refractivity contribution is 5.85. The van der Waals surface area contributed by atoms with Gasteiger partial charge in [0.05, 0.1) is 0 Å². The van der Waals surface area contributed by atoms with E-state index in [1.54, 1.807) is 7.11 Å². The molecule has 1 amide bonds. The van der Waals surface area contributed by atoms with E-state index in [1.807, 2.05) is 0 Å². The number of carboxylic acids is 1. The molecule has 0 aromatic heterocycles. The van der Waals surface area contributed by atoms with Crippen molar-refractivity contribution in [1.82, 2.24) is 5.32 Å². The predicted molar refractivity (Wildman–Crippen MR) is 76.0 cm³/mol. The average Bonchev–Trinajstić information content (AvgIpc) is 2.45. The minimum atomic E-state index is -1.08. The van der Waals surface area contributed by atoms with Gasteiger partial charge in [0.25, 0.3) is 0 Å². The number of amides is 1. The summed E-state index contributed by atoms with van der Waals surface area (Å²) >= 11 is 0. The van der Waals surface area contributed by atoms with E-state index in [0.717, 1.165) is 6.08 Å². The van der Waals surface area contributed by atoms with E-state index in [1.165, 1.54) is 24.3 Å². The van der Waals surface area contributed by atoms with Crippen LogP contribution in [0.15, 0.2) is 24.3 Å². The molecule has 0 saturated carbocycles. The van der Waals surface area contributed by atoms with Gasteiger partial charge in [0.15, 0.2) is 0 Å². The number of aliphatic carboxylic acids is 1. The Labute approximate surface area is 122 Å². The maximum Gasteiger partial charge on any atom is 0.328 e. The number of methoxy groups -OCH3 is 1. The Bertz CT molecular complexity index is 528. The number of carbonyl (C=O) groups excluding carboxylic acids is 1. The second kappa shape index (κ2) is 8.86. The normalized spacial score (nSPS) is 10.8. The monoisotopic (exact) mass is 295 g/mol. The molecule has 114 valence electrons. The molecule has 0 fully saturated rings. The van der Waals surface area contributed by atoms with Crippen LogP contribution in [0.25, 0.3) is 6.08 Å². The van der Waals surface area contributed by atoms with Gasteiger partial charge in [0.1, 0.15) is 5.82 Å². The molecule has 0 aliphatic heterocycles. The second-order valence-electron chi connectivity index (χ2n) is 4.40. The van der Waals surface area contributed by atoms with Crippen LogP contribution in [0.5, 0.6) is 0 Å². The minimum Gasteiger partial charge on any atom is -0.478 e. The summed E-state index contributed by atoms with van der Waals surface area (Å²) in [6.45, 7) is 0.559. The first-order valence-electron chi connectivity index (χ1n) is 6.48. The Morgan fingerprint density at radius 3 is 2.86 bits per heavy atom. The van der Waals surface area contributed by atoms with E-state index in [0.29, 0.717) is 30.6 Å². The van der Waals surface area contributed by atoms with Crippen LogP contribution in [0.1, 0.15) is 24.0 Å². The second-order valence-corrected chi connectivity index (χ2v) is 4.40. The molecule has 6 heteroatoms. The summed E-state index contributed by atoms with van der Waals surface area (Å²) < 4.78 is 18.5. The summed E-state index contributed by atoms with van der Waals surface area (Å²) in [6.07, 6.45) is 3.26. The highest BCUT2D eigenvalue weighted by Crippen LogP contribution is 2.12. The molecule has 5 nitrogen and oxygen atoms in total. The molecule has 1 aromatic carbocycles. The van der Waals surface area contributed by atoms with Crippen molar-refractivity contribution in [1.29, 1.82) is 0 Å². The Balaban J connectivity index is 2.59. The number of rotatable bonds is 8. The third kappa shape index (κ3) is 6.67. The van der Waals surface area contributed by atoms with Crippen LogP contribution in [0.3, 0.4) is 0 Å². The van der Waals surface area contributed by atoms with Crippen molar-refractivity contribution in [2.75, 3.05) is 13.7 Å². The van der Waals surface area contributed by atoms with Crippen LogP contribution < -0.4 is 5.32 Å². The first kappa shape index (κ1) is 16.8. The number of nitrogens with one attached hydrogen (secondary N) is 1. The molecule has 21 heavy (non-hydrogen) atoms. The van der Waals surface area contributed by atoms with Crippen molar-refractivity contribution >= 4 is 18.0 Å². The Morgan fingerprint density at radius 2 is 2.19 bits per heavy atom. The molecular formula is C15H18FNO4. The maximum absolute atomic E-state index is 13.6. The molecule has 2 N–H and O–H groups in total. The quantitative estimate of drug-likeness (QED) is 0.568. The molecule has 0 aliphatic rings. The predicted octanol–water partition coefficient (Wildman–Crippen LogP) is 1.97. The van der Waals surface area contributed by atoms with Crippen molar-refractivity contribution in [3.05, 3.63) is 41.2 Å². The minimum absolute atomic E-state index is 0.0619. The Hall–Kier alpha value is -2.21. The lowest BCUT2D eigenvalue weighted by atomic mass is 10.1. The van der Waals surface area contributed by atoms with Gasteiger partial charge in [0.2, 0.25) is 5.91 Å². The summed E-state index contributed by atoms with van der Waals surface area (Å²) in [5, 5.41) is 11.2. The number of carboxylic acid groups (broad SMARTS) is 1. The Kier molecular flexibility index (Phi) is 7.11. The summed E-state index contributed by atoms with van der Waals surface area (Å²) in [5.41, 5.74) is 0.866. The topological polar surface area (TPSA) is 75.6 Å². The zero-order valence-corrected chi connectivity index (χ0v) is 11.8. The molecule has 0 aliphatic carbocycles. The fraction of sp³-hybridized carbons (Fsp3) is 0.333. The van der Waals surface area contributed by atoms with Gasteiger partial charge in [-0.1, -0.05) is 6.07 Å². The molecule has 0 saturated heterocycles. The van der Waals surface area contributed by atoms with Gasteiger partial charge in [-0.15, -0.1) is 0 Å². The summed E-state index contributed by atoms with van der Waals surface area (Å²) in [7, 11) is 1.56. The fourth-order valence-corrected chi connectivity index (χ4v) is 1.66. The zero-order chi connectivity index (χ0) is 15.7. The number of benzene rings is 1. The fourth-order valence-electron chi connectivity index (χ4n) is 1.66. The summed E-state index contributed by atoms with van der Waals surface area (Å²) in [6, 6.07) is 4.22. The molecular weight excluding hydrogens is 277 g/mol. The molecule has 0 radical (unpaired) electrons. The van der Waals surface area contributed by atoms with E-state index in [9.17, 15) is 14.0 Å². The number of halogens is 1. The molecule has 1 aromatic rings. The molecule has 1 rings (SSSR count). The number of hydrogen-bond acceptors (Lipinski definition) is 3. The first-order chi connectivity index (χ1) is 10.0. The van der Waals surface area contributed by atoms with Gasteiger partial charge in [-0.3, -0.25) is 4.79 Å². The van der Waals surface area contributed by atoms with Gasteiger partial charge < -0.3 is 15.2 Å². The van der Waals surface area contributed by atoms with Crippen molar-refractivity contribution in [2.24, 2.45) is 0 Å². The van der Waals surface area contributed by atoms with Gasteiger partial charge in [-0.2, -0.15) is 0 Å². The third-order valence-electron chi connectivity index (χ3n) is 2.72. The van der Waals surface area contributed by atoms with Crippen LogP contribution >= 0.6 is 0 Å². The van der Waals surface area contributed by atoms with Gasteiger partial charge in [-0.05, 0) is 30.2 Å². The first-order valence-corrected chi connectivity index (χ1v) is 6.48. The van der Waals surface area contributed by atoms with E-state index in [2.05, 4.69) is 5.32 Å². The van der Waals surface area contributed by atoms with Crippen molar-refractivity contribution in [3.8, 4) is 0 Å². The largest absolute Gasteiger partial charge is 0.478 e. The third-order valence-corrected chi connectivity index (χ3v) is 2.72. The average molecular weight is 295 g/mol. The maximum atomic E-state index is 13.6. The van der Waals surface area contributed by atoms with Crippen molar-refractivity contribution < 1.29 is 23.8 Å². The van der Waals surface area contributed by atoms with Gasteiger partial charge in [0, 0.05) is 38.3 Å². The van der Waals surface area contributed by atoms with Crippen LogP contribution in [-0.4, -0.2) is 30.7 Å². The summed E-state index contributed by atoms with van der Waals surface area (Å²) in [5.74, 6) is -1.70. The van der Waals surface area contributed by atoms with Crippen LogP contribution in [0, 0.1) is 5.82 Å². The molecule has 0 spiro atoms. The van der Waals surface area contributed by atoms with E-state index in [4.69, 9.17) is 9.84 Å². The smallest absolute Gasteiger partial charge is 0.328 e. The standard InChI is InChI=1S/C15H18FNO4/c1-21-8-2-3-14(18)17-10-12-9-11(4-6-13(12)16)5-7-15(19)20/h4-7,9H,2-3,8,10H2,1H3,(H,17,18)(H,19,20)/b7-5+. The lowest BCUT2D eigenvalue weighted by Gasteiger charge is -2.07. The van der Waals surface area contributed by atoms with Crippen LogP contribution in [-0.2, 0) is 20.9 Å². The number of carbonyl (C=O) groups is 2. The lowest BCUT2D eigenvalue weighted by Crippen LogP contribution is -2.23. The van der Waals surface area contributed by atoms with E-state index < -0.39 is 11.8 Å². The highest BCUT2D eigenvalue weighted by atomic mass is 19.1. The van der Waals surface area contributed by atoms with Gasteiger partial charge in [-0.25, -0.2) is 9.18 Å². The zero-order valence-electron chi connectivity index (χ0n) is 11.8. The molecule has 0 heterocycles. The SMILES string of the molecule is COCCCC(=O)NCc1cc(/C=C/C(=O)O)ccc1F. The highest BCUT2D eigenvalue weighted by Gasteiger charge is 2.06. The number of hydrogen-bond donors (Lipinski definition) is 2. The lowest BCUT2D eigenvalue weighted by molar-refractivity contribution is -0.131. The van der Waals surface area contributed by atoms with Crippen LogP contribution in [0.4, 0.5) is 4.39 Å². The molecule has 0 bridgehead atoms. The van der Waals surface area contributed by atoms with Crippen LogP contribution in [0.2, 0.25) is 0 Å². The van der Waals surface area contributed by atoms with Crippen molar-refractivity contribution in [3.63, 3.8) is 0 Å². The van der Waals surface area contributed by atoms with Crippen molar-refractivity contribution in [2.45, 2.75) is 19.4 Å². The van der Waals surface area contributed by atoms with E-state index >= 15 is 0 Å². The van der Waals surface area contributed by atoms with Gasteiger partial charge >= 0.3 is 5.97 Å². The number of ether oxygens (including phenoxy) is 1.